The molecular weight excluding hydrogens is 447 g/mol. The Balaban J connectivity index is 1.70. The molecule has 0 amide bonds. The van der Waals surface area contributed by atoms with E-state index in [-0.39, 0.29) is 25.7 Å². The van der Waals surface area contributed by atoms with Crippen LogP contribution < -0.4 is 11.2 Å². The van der Waals surface area contributed by atoms with E-state index in [0.29, 0.717) is 0 Å². The first-order valence-electron chi connectivity index (χ1n) is 9.94. The molecule has 12 nitrogen and oxygen atoms in total. The van der Waals surface area contributed by atoms with Gasteiger partial charge in [0.05, 0.1) is 25.2 Å². The number of carbonyl (C=O) groups is 1. The topological polar surface area (TPSA) is 155 Å². The zero-order chi connectivity index (χ0) is 23.7. The van der Waals surface area contributed by atoms with E-state index in [9.17, 15) is 24.1 Å². The highest BCUT2D eigenvalue weighted by Gasteiger charge is 2.62. The van der Waals surface area contributed by atoms with Gasteiger partial charge in [-0.15, -0.1) is 6.42 Å². The zero-order valence-corrected chi connectivity index (χ0v) is 18.7. The van der Waals surface area contributed by atoms with Crippen LogP contribution >= 0.6 is 7.82 Å². The molecule has 0 spiro atoms. The van der Waals surface area contributed by atoms with Crippen molar-refractivity contribution in [1.82, 2.24) is 9.55 Å². The van der Waals surface area contributed by atoms with Crippen LogP contribution in [-0.2, 0) is 32.4 Å². The van der Waals surface area contributed by atoms with Crippen molar-refractivity contribution >= 4 is 13.8 Å². The number of phosphoric ester groups is 1. The maximum Gasteiger partial charge on any atom is 0.475 e. The van der Waals surface area contributed by atoms with Gasteiger partial charge in [0.2, 0.25) is 0 Å². The molecule has 0 aromatic carbocycles. The minimum Gasteiger partial charge on any atom is -0.463 e. The minimum absolute atomic E-state index is 0.152. The van der Waals surface area contributed by atoms with Crippen LogP contribution in [0, 0.1) is 18.3 Å². The summed E-state index contributed by atoms with van der Waals surface area (Å²) in [5.41, 5.74) is -3.73. The van der Waals surface area contributed by atoms with E-state index in [1.165, 1.54) is 0 Å². The van der Waals surface area contributed by atoms with Crippen LogP contribution in [0.3, 0.4) is 0 Å². The van der Waals surface area contributed by atoms with Crippen LogP contribution in [-0.4, -0.2) is 57.8 Å². The highest BCUT2D eigenvalue weighted by Crippen LogP contribution is 2.58. The summed E-state index contributed by atoms with van der Waals surface area (Å²) >= 11 is 0. The number of terminal acetylenes is 1. The summed E-state index contributed by atoms with van der Waals surface area (Å²) in [5, 5.41) is 11.1. The molecule has 13 heteroatoms. The lowest BCUT2D eigenvalue weighted by Gasteiger charge is -2.34. The fraction of sp³-hybridized carbons (Fsp3) is 0.632. The second-order valence-corrected chi connectivity index (χ2v) is 9.41. The Labute approximate surface area is 183 Å². The number of hydrogen-bond acceptors (Lipinski definition) is 10. The number of hydrogen-bond donors (Lipinski definition) is 2. The molecule has 0 bridgehead atoms. The van der Waals surface area contributed by atoms with Gasteiger partial charge in [0.1, 0.15) is 12.2 Å². The number of aromatic amines is 1. The van der Waals surface area contributed by atoms with Crippen molar-refractivity contribution in [3.8, 4) is 12.3 Å². The van der Waals surface area contributed by atoms with Crippen LogP contribution in [0.5, 0.6) is 0 Å². The van der Waals surface area contributed by atoms with Crippen LogP contribution in [0.1, 0.15) is 33.4 Å². The molecule has 2 aliphatic rings. The fourth-order valence-corrected chi connectivity index (χ4v) is 4.72. The van der Waals surface area contributed by atoms with Gasteiger partial charge in [-0.1, -0.05) is 12.8 Å². The van der Waals surface area contributed by atoms with Crippen LogP contribution in [0.2, 0.25) is 0 Å². The molecule has 2 fully saturated rings. The van der Waals surface area contributed by atoms with E-state index < -0.39 is 55.0 Å². The average Bonchev–Trinajstić information content (AvgIpc) is 2.99. The molecule has 0 radical (unpaired) electrons. The van der Waals surface area contributed by atoms with E-state index >= 15 is 0 Å². The molecule has 1 aromatic rings. The standard InChI is InChI=1S/C19H25N2O10P/c1-5-19(25)15-13(30-17(19)21-8-6-14(22)20-18(21)24)10-28-32(26,31-15)27-9-7-12(4)16(23)29-11(2)3/h1,6,8,11-13,15,17,25H,7,9-10H2,2-4H3,(H,20,22,24)/t12-,13+,15+,17+,19+,32?/m0/s1. The molecule has 2 aliphatic heterocycles. The number of aromatic nitrogens is 2. The summed E-state index contributed by atoms with van der Waals surface area (Å²) in [7, 11) is -4.16. The normalized spacial score (nSPS) is 32.8. The van der Waals surface area contributed by atoms with E-state index in [1.54, 1.807) is 20.8 Å². The van der Waals surface area contributed by atoms with E-state index in [0.717, 1.165) is 16.8 Å². The number of H-pyrrole nitrogens is 1. The van der Waals surface area contributed by atoms with E-state index in [2.05, 4.69) is 5.92 Å². The van der Waals surface area contributed by atoms with Crippen LogP contribution in [0.25, 0.3) is 0 Å². The summed E-state index contributed by atoms with van der Waals surface area (Å²) in [5.74, 6) is 1.19. The Kier molecular flexibility index (Phi) is 7.09. The highest BCUT2D eigenvalue weighted by atomic mass is 31.2. The zero-order valence-electron chi connectivity index (χ0n) is 17.8. The van der Waals surface area contributed by atoms with E-state index in [1.807, 2.05) is 4.98 Å². The molecule has 2 N–H and O–H groups in total. The quantitative estimate of drug-likeness (QED) is 0.322. The number of nitrogens with zero attached hydrogens (tertiary/aromatic N) is 1. The van der Waals surface area contributed by atoms with Crippen molar-refractivity contribution in [2.24, 2.45) is 5.92 Å². The molecule has 0 aliphatic carbocycles. The molecule has 176 valence electrons. The summed E-state index contributed by atoms with van der Waals surface area (Å²) in [6.45, 7) is 4.64. The summed E-state index contributed by atoms with van der Waals surface area (Å²) in [4.78, 5) is 37.4. The number of ether oxygens (including phenoxy) is 2. The van der Waals surface area contributed by atoms with Crippen molar-refractivity contribution in [2.45, 2.75) is 57.3 Å². The first-order valence-corrected chi connectivity index (χ1v) is 11.4. The predicted molar refractivity (Wildman–Crippen MR) is 108 cm³/mol. The van der Waals surface area contributed by atoms with Gasteiger partial charge in [0.15, 0.2) is 11.8 Å². The van der Waals surface area contributed by atoms with Gasteiger partial charge in [0, 0.05) is 12.3 Å². The Morgan fingerprint density at radius 2 is 2.19 bits per heavy atom. The molecule has 3 rings (SSSR count). The lowest BCUT2D eigenvalue weighted by Crippen LogP contribution is -2.50. The molecule has 1 unspecified atom stereocenters. The fourth-order valence-electron chi connectivity index (χ4n) is 3.29. The summed E-state index contributed by atoms with van der Waals surface area (Å²) < 4.78 is 40.5. The third kappa shape index (κ3) is 4.88. The van der Waals surface area contributed by atoms with Crippen LogP contribution in [0.15, 0.2) is 21.9 Å². The van der Waals surface area contributed by atoms with Gasteiger partial charge in [-0.05, 0) is 20.3 Å². The van der Waals surface area contributed by atoms with Gasteiger partial charge in [-0.3, -0.25) is 32.7 Å². The lowest BCUT2D eigenvalue weighted by molar-refractivity contribution is -0.152. The smallest absolute Gasteiger partial charge is 0.463 e. The minimum atomic E-state index is -4.16. The Morgan fingerprint density at radius 1 is 1.47 bits per heavy atom. The first-order chi connectivity index (χ1) is 15.0. The lowest BCUT2D eigenvalue weighted by atomic mass is 9.95. The highest BCUT2D eigenvalue weighted by molar-refractivity contribution is 7.48. The predicted octanol–water partition coefficient (Wildman–Crippen LogP) is 0.316. The molecular formula is C19H25N2O10P. The number of fused-ring (bicyclic) bond motifs is 1. The number of carbonyl (C=O) groups excluding carboxylic acids is 1. The van der Waals surface area contributed by atoms with Gasteiger partial charge in [0.25, 0.3) is 5.56 Å². The van der Waals surface area contributed by atoms with Gasteiger partial charge >= 0.3 is 19.5 Å². The maximum absolute atomic E-state index is 12.9. The SMILES string of the molecule is C#C[C@@]1(O)[C@@H]2OP(=O)(OCC[C@H](C)C(=O)OC(C)C)OC[C@H]2O[C@H]1n1ccc(=O)[nH]c1=O. The molecule has 3 heterocycles. The second kappa shape index (κ2) is 9.31. The number of aliphatic hydroxyl groups is 1. The summed E-state index contributed by atoms with van der Waals surface area (Å²) in [6.07, 6.45) is 2.79. The monoisotopic (exact) mass is 472 g/mol. The Hall–Kier alpha value is -2.26. The van der Waals surface area contributed by atoms with Crippen molar-refractivity contribution in [3.63, 3.8) is 0 Å². The number of rotatable bonds is 7. The van der Waals surface area contributed by atoms with Crippen molar-refractivity contribution in [2.75, 3.05) is 13.2 Å². The first kappa shape index (κ1) is 24.4. The summed E-state index contributed by atoms with van der Waals surface area (Å²) in [6, 6.07) is 1.06. The third-order valence-corrected chi connectivity index (χ3v) is 6.43. The molecule has 0 saturated carbocycles. The largest absolute Gasteiger partial charge is 0.475 e. The average molecular weight is 472 g/mol. The number of esters is 1. The molecule has 6 atom stereocenters. The van der Waals surface area contributed by atoms with Crippen molar-refractivity contribution in [1.29, 1.82) is 0 Å². The van der Waals surface area contributed by atoms with Crippen molar-refractivity contribution in [3.05, 3.63) is 33.1 Å². The van der Waals surface area contributed by atoms with Gasteiger partial charge in [-0.2, -0.15) is 0 Å². The van der Waals surface area contributed by atoms with Crippen LogP contribution in [0.4, 0.5) is 0 Å². The molecule has 2 saturated heterocycles. The third-order valence-electron chi connectivity index (χ3n) is 4.98. The van der Waals surface area contributed by atoms with Gasteiger partial charge in [-0.25, -0.2) is 9.36 Å². The molecule has 32 heavy (non-hydrogen) atoms. The van der Waals surface area contributed by atoms with Gasteiger partial charge < -0.3 is 14.6 Å². The van der Waals surface area contributed by atoms with Crippen molar-refractivity contribution < 1.29 is 37.5 Å². The molecule has 1 aromatic heterocycles. The van der Waals surface area contributed by atoms with E-state index in [4.69, 9.17) is 29.5 Å². The Bertz CT molecular complexity index is 1060. The number of phosphoric acid groups is 1. The second-order valence-electron chi connectivity index (χ2n) is 7.79. The maximum atomic E-state index is 12.9. The Morgan fingerprint density at radius 3 is 2.81 bits per heavy atom. The number of nitrogens with one attached hydrogen (secondary N) is 1.